The molecule has 20 heavy (non-hydrogen) atoms. The topological polar surface area (TPSA) is 61.2 Å². The zero-order valence-corrected chi connectivity index (χ0v) is 12.5. The Balaban J connectivity index is 2.36. The Labute approximate surface area is 120 Å². The Kier molecular flexibility index (Phi) is 4.34. The van der Waals surface area contributed by atoms with Crippen LogP contribution in [0.4, 0.5) is 0 Å². The third-order valence-electron chi connectivity index (χ3n) is 2.93. The molecule has 106 valence electrons. The van der Waals surface area contributed by atoms with Crippen LogP contribution in [0, 0.1) is 13.8 Å². The molecule has 0 bridgehead atoms. The summed E-state index contributed by atoms with van der Waals surface area (Å²) in [5, 5.41) is 1.54. The van der Waals surface area contributed by atoms with Crippen molar-refractivity contribution in [3.63, 3.8) is 0 Å². The highest BCUT2D eigenvalue weighted by Crippen LogP contribution is 2.11. The van der Waals surface area contributed by atoms with Crippen LogP contribution in [0.2, 0.25) is 0 Å². The number of thiazole rings is 1. The van der Waals surface area contributed by atoms with Gasteiger partial charge in [0.1, 0.15) is 5.69 Å². The summed E-state index contributed by atoms with van der Waals surface area (Å²) in [7, 11) is 0. The molecule has 6 heteroatoms. The minimum atomic E-state index is -0.469. The van der Waals surface area contributed by atoms with Gasteiger partial charge in [-0.25, -0.2) is 4.79 Å². The average molecular weight is 292 g/mol. The van der Waals surface area contributed by atoms with Gasteiger partial charge in [-0.05, 0) is 32.4 Å². The molecular formula is C14H16N2O3S. The predicted molar refractivity (Wildman–Crippen MR) is 77.3 cm³/mol. The molecule has 0 spiro atoms. The van der Waals surface area contributed by atoms with Crippen LogP contribution in [0.25, 0.3) is 0 Å². The second-order valence-electron chi connectivity index (χ2n) is 4.39. The van der Waals surface area contributed by atoms with Crippen molar-refractivity contribution in [3.8, 4) is 0 Å². The van der Waals surface area contributed by atoms with Crippen molar-refractivity contribution >= 4 is 17.3 Å². The molecule has 0 unspecified atom stereocenters. The predicted octanol–water partition coefficient (Wildman–Crippen LogP) is 2.15. The molecule has 0 fully saturated rings. The Morgan fingerprint density at radius 2 is 2.15 bits per heavy atom. The Bertz CT molecular complexity index is 688. The number of carbonyl (C=O) groups is 1. The third kappa shape index (κ3) is 2.96. The molecule has 2 rings (SSSR count). The van der Waals surface area contributed by atoms with Crippen LogP contribution < -0.4 is 4.87 Å². The van der Waals surface area contributed by atoms with E-state index < -0.39 is 5.97 Å². The first kappa shape index (κ1) is 14.5. The lowest BCUT2D eigenvalue weighted by Gasteiger charge is -2.09. The molecule has 0 aliphatic heterocycles. The van der Waals surface area contributed by atoms with Crippen LogP contribution in [0.3, 0.4) is 0 Å². The van der Waals surface area contributed by atoms with Gasteiger partial charge in [-0.2, -0.15) is 0 Å². The number of hydrogen-bond donors (Lipinski definition) is 0. The van der Waals surface area contributed by atoms with E-state index >= 15 is 0 Å². The SMILES string of the molecule is CCOC(=O)c1csc(=O)n1Cc1ccc(C)nc1C. The van der Waals surface area contributed by atoms with E-state index in [2.05, 4.69) is 4.98 Å². The van der Waals surface area contributed by atoms with E-state index in [0.29, 0.717) is 12.2 Å². The smallest absolute Gasteiger partial charge is 0.355 e. The molecule has 0 aliphatic carbocycles. The van der Waals surface area contributed by atoms with Gasteiger partial charge in [0.15, 0.2) is 0 Å². The van der Waals surface area contributed by atoms with Gasteiger partial charge in [0.2, 0.25) is 0 Å². The van der Waals surface area contributed by atoms with Gasteiger partial charge in [-0.1, -0.05) is 17.4 Å². The number of ether oxygens (including phenoxy) is 1. The number of aryl methyl sites for hydroxylation is 2. The van der Waals surface area contributed by atoms with E-state index in [9.17, 15) is 9.59 Å². The van der Waals surface area contributed by atoms with Crippen molar-refractivity contribution < 1.29 is 9.53 Å². The largest absolute Gasteiger partial charge is 0.461 e. The van der Waals surface area contributed by atoms with Crippen molar-refractivity contribution in [1.29, 1.82) is 0 Å². The van der Waals surface area contributed by atoms with E-state index in [1.54, 1.807) is 6.92 Å². The summed E-state index contributed by atoms with van der Waals surface area (Å²) < 4.78 is 6.39. The fourth-order valence-corrected chi connectivity index (χ4v) is 2.62. The molecule has 0 radical (unpaired) electrons. The molecule has 0 saturated heterocycles. The fraction of sp³-hybridized carbons (Fsp3) is 0.357. The van der Waals surface area contributed by atoms with Crippen LogP contribution in [0.15, 0.2) is 22.3 Å². The normalized spacial score (nSPS) is 10.6. The lowest BCUT2D eigenvalue weighted by atomic mass is 10.2. The monoisotopic (exact) mass is 292 g/mol. The highest BCUT2D eigenvalue weighted by Gasteiger charge is 2.16. The number of pyridine rings is 1. The maximum absolute atomic E-state index is 11.9. The fourth-order valence-electron chi connectivity index (χ4n) is 1.90. The van der Waals surface area contributed by atoms with E-state index in [4.69, 9.17) is 4.74 Å². The van der Waals surface area contributed by atoms with Gasteiger partial charge in [0, 0.05) is 16.8 Å². The van der Waals surface area contributed by atoms with Gasteiger partial charge >= 0.3 is 10.8 Å². The minimum absolute atomic E-state index is 0.173. The van der Waals surface area contributed by atoms with Crippen LogP contribution in [0.1, 0.15) is 34.4 Å². The first-order chi connectivity index (χ1) is 9.52. The molecule has 2 aromatic rings. The highest BCUT2D eigenvalue weighted by atomic mass is 32.1. The van der Waals surface area contributed by atoms with E-state index in [-0.39, 0.29) is 11.5 Å². The number of carbonyl (C=O) groups excluding carboxylic acids is 1. The zero-order valence-electron chi connectivity index (χ0n) is 11.7. The maximum Gasteiger partial charge on any atom is 0.355 e. The van der Waals surface area contributed by atoms with Crippen molar-refractivity contribution in [2.45, 2.75) is 27.3 Å². The molecule has 0 saturated carbocycles. The molecule has 2 aromatic heterocycles. The Morgan fingerprint density at radius 3 is 2.80 bits per heavy atom. The number of hydrogen-bond acceptors (Lipinski definition) is 5. The standard InChI is InChI=1S/C14H16N2O3S/c1-4-19-13(17)12-8-20-14(18)16(12)7-11-6-5-9(2)15-10(11)3/h5-6,8H,4,7H2,1-3H3. The van der Waals surface area contributed by atoms with Gasteiger partial charge in [-0.3, -0.25) is 14.3 Å². The summed E-state index contributed by atoms with van der Waals surface area (Å²) >= 11 is 1.000. The molecule has 0 N–H and O–H groups in total. The molecule has 0 amide bonds. The van der Waals surface area contributed by atoms with E-state index in [1.165, 1.54) is 9.95 Å². The Hall–Kier alpha value is -1.95. The maximum atomic E-state index is 11.9. The van der Waals surface area contributed by atoms with Crippen LogP contribution in [-0.4, -0.2) is 22.1 Å². The number of esters is 1. The van der Waals surface area contributed by atoms with Gasteiger partial charge in [-0.15, -0.1) is 0 Å². The molecular weight excluding hydrogens is 276 g/mol. The molecule has 0 aromatic carbocycles. The average Bonchev–Trinajstić information content (AvgIpc) is 2.75. The number of aromatic nitrogens is 2. The first-order valence-electron chi connectivity index (χ1n) is 6.31. The van der Waals surface area contributed by atoms with Crippen molar-refractivity contribution in [2.75, 3.05) is 6.61 Å². The molecule has 5 nitrogen and oxygen atoms in total. The van der Waals surface area contributed by atoms with Crippen molar-refractivity contribution in [3.05, 3.63) is 49.8 Å². The summed E-state index contributed by atoms with van der Waals surface area (Å²) in [6.07, 6.45) is 0. The summed E-state index contributed by atoms with van der Waals surface area (Å²) in [6.45, 7) is 6.16. The molecule has 0 atom stereocenters. The molecule has 0 aliphatic rings. The van der Waals surface area contributed by atoms with Crippen molar-refractivity contribution in [2.24, 2.45) is 0 Å². The van der Waals surface area contributed by atoms with Crippen LogP contribution in [-0.2, 0) is 11.3 Å². The zero-order chi connectivity index (χ0) is 14.7. The van der Waals surface area contributed by atoms with Crippen LogP contribution >= 0.6 is 11.3 Å². The lowest BCUT2D eigenvalue weighted by molar-refractivity contribution is 0.0514. The minimum Gasteiger partial charge on any atom is -0.461 e. The second-order valence-corrected chi connectivity index (χ2v) is 5.21. The number of rotatable bonds is 4. The lowest BCUT2D eigenvalue weighted by Crippen LogP contribution is -2.21. The van der Waals surface area contributed by atoms with Gasteiger partial charge < -0.3 is 4.74 Å². The van der Waals surface area contributed by atoms with E-state index in [1.807, 2.05) is 26.0 Å². The summed E-state index contributed by atoms with van der Waals surface area (Å²) in [5.74, 6) is -0.469. The van der Waals surface area contributed by atoms with Crippen LogP contribution in [0.5, 0.6) is 0 Å². The molecule has 2 heterocycles. The van der Waals surface area contributed by atoms with Gasteiger partial charge in [0.05, 0.1) is 13.2 Å². The second kappa shape index (κ2) is 6.00. The third-order valence-corrected chi connectivity index (χ3v) is 3.69. The number of nitrogens with zero attached hydrogens (tertiary/aromatic N) is 2. The Morgan fingerprint density at radius 1 is 1.40 bits per heavy atom. The summed E-state index contributed by atoms with van der Waals surface area (Å²) in [6, 6.07) is 3.82. The first-order valence-corrected chi connectivity index (χ1v) is 7.19. The van der Waals surface area contributed by atoms with Crippen molar-refractivity contribution in [1.82, 2.24) is 9.55 Å². The quantitative estimate of drug-likeness (QED) is 0.810. The highest BCUT2D eigenvalue weighted by molar-refractivity contribution is 7.07. The summed E-state index contributed by atoms with van der Waals surface area (Å²) in [5.41, 5.74) is 3.00. The van der Waals surface area contributed by atoms with Gasteiger partial charge in [0.25, 0.3) is 0 Å². The summed E-state index contributed by atoms with van der Waals surface area (Å²) in [4.78, 5) is 27.9. The van der Waals surface area contributed by atoms with E-state index in [0.717, 1.165) is 28.3 Å².